The Bertz CT molecular complexity index is 1230. The summed E-state index contributed by atoms with van der Waals surface area (Å²) in [5.74, 6) is -3.93. The molecule has 63 heavy (non-hydrogen) atoms. The van der Waals surface area contributed by atoms with E-state index < -0.39 is 30.5 Å². The Hall–Kier alpha value is -3.48. The number of aliphatic carboxylic acids is 3. The molecule has 0 spiro atoms. The van der Waals surface area contributed by atoms with Gasteiger partial charge in [0.05, 0.1) is 39.6 Å². The van der Waals surface area contributed by atoms with Gasteiger partial charge in [0, 0.05) is 45.4 Å². The predicted molar refractivity (Wildman–Crippen MR) is 240 cm³/mol. The van der Waals surface area contributed by atoms with E-state index in [1.807, 2.05) is 0 Å². The zero-order chi connectivity index (χ0) is 46.6. The predicted octanol–water partition coefficient (Wildman–Crippen LogP) is 3.81. The lowest BCUT2D eigenvalue weighted by atomic mass is 10.0. The number of hydrogen-bond acceptors (Lipinski definition) is 12. The van der Waals surface area contributed by atoms with Gasteiger partial charge >= 0.3 is 17.9 Å². The molecular formula is C43H80N5O14P. The van der Waals surface area contributed by atoms with Crippen LogP contribution in [0, 0.1) is 0 Å². The number of ether oxygens (including phenoxy) is 4. The van der Waals surface area contributed by atoms with Crippen LogP contribution < -0.4 is 21.0 Å². The summed E-state index contributed by atoms with van der Waals surface area (Å²) in [5.41, 5.74) is 0. The summed E-state index contributed by atoms with van der Waals surface area (Å²) in [6.45, 7) is 1.47. The van der Waals surface area contributed by atoms with Crippen LogP contribution in [-0.2, 0) is 52.5 Å². The van der Waals surface area contributed by atoms with E-state index >= 15 is 0 Å². The van der Waals surface area contributed by atoms with Gasteiger partial charge in [-0.25, -0.2) is 0 Å². The fraction of sp³-hybridized carbons (Fsp3) is 0.837. The number of hydrogen-bond donors (Lipinski definition) is 7. The second-order valence-electron chi connectivity index (χ2n) is 15.4. The Labute approximate surface area is 376 Å². The number of carboxylic acid groups (broad SMARTS) is 3. The molecule has 0 saturated heterocycles. The van der Waals surface area contributed by atoms with E-state index in [1.165, 1.54) is 62.7 Å². The van der Waals surface area contributed by atoms with Gasteiger partial charge in [-0.05, 0) is 32.1 Å². The average molecular weight is 922 g/mol. The molecule has 0 aliphatic rings. The van der Waals surface area contributed by atoms with Gasteiger partial charge in [-0.3, -0.25) is 38.6 Å². The zero-order valence-electron chi connectivity index (χ0n) is 37.7. The van der Waals surface area contributed by atoms with Gasteiger partial charge in [0.15, 0.2) is 0 Å². The fourth-order valence-electron chi connectivity index (χ4n) is 6.34. The summed E-state index contributed by atoms with van der Waals surface area (Å²) in [7, 11) is 2.19. The lowest BCUT2D eigenvalue weighted by Gasteiger charge is -2.20. The van der Waals surface area contributed by atoms with E-state index in [4.69, 9.17) is 29.2 Å². The van der Waals surface area contributed by atoms with Crippen molar-refractivity contribution in [2.24, 2.45) is 0 Å². The number of carboxylic acids is 3. The number of amides is 4. The molecule has 0 rings (SSSR count). The normalized spacial score (nSPS) is 11.5. The molecule has 0 bridgehead atoms. The highest BCUT2D eigenvalue weighted by atomic mass is 31.0. The Kier molecular flexibility index (Phi) is 41.3. The van der Waals surface area contributed by atoms with Crippen molar-refractivity contribution in [2.75, 3.05) is 85.6 Å². The molecule has 19 nitrogen and oxygen atoms in total. The third kappa shape index (κ3) is 42.2. The summed E-state index contributed by atoms with van der Waals surface area (Å²) in [4.78, 5) is 82.8. The number of rotatable bonds is 47. The lowest BCUT2D eigenvalue weighted by Crippen LogP contribution is -2.39. The average Bonchev–Trinajstić information content (AvgIpc) is 3.24. The molecule has 0 radical (unpaired) electrons. The Morgan fingerprint density at radius 2 is 0.889 bits per heavy atom. The highest BCUT2D eigenvalue weighted by molar-refractivity contribution is 7.13. The van der Waals surface area contributed by atoms with Crippen LogP contribution in [0.1, 0.15) is 141 Å². The molecule has 0 heterocycles. The van der Waals surface area contributed by atoms with Crippen LogP contribution in [0.3, 0.4) is 0 Å². The minimum atomic E-state index is -1.13. The molecule has 0 aromatic carbocycles. The van der Waals surface area contributed by atoms with Crippen molar-refractivity contribution in [3.8, 4) is 0 Å². The first kappa shape index (κ1) is 59.5. The summed E-state index contributed by atoms with van der Waals surface area (Å²) in [5, 5.41) is 37.6. The molecule has 0 saturated carbocycles. The molecule has 2 atom stereocenters. The Morgan fingerprint density at radius 1 is 0.460 bits per heavy atom. The van der Waals surface area contributed by atoms with Crippen molar-refractivity contribution in [1.82, 2.24) is 25.9 Å². The summed E-state index contributed by atoms with van der Waals surface area (Å²) >= 11 is 0. The second kappa shape index (κ2) is 43.8. The van der Waals surface area contributed by atoms with Crippen molar-refractivity contribution in [2.45, 2.75) is 147 Å². The van der Waals surface area contributed by atoms with Crippen LogP contribution >= 0.6 is 9.39 Å². The second-order valence-corrected chi connectivity index (χ2v) is 15.8. The van der Waals surface area contributed by atoms with Gasteiger partial charge in [-0.2, -0.15) is 0 Å². The zero-order valence-corrected chi connectivity index (χ0v) is 38.8. The molecule has 0 aromatic heterocycles. The number of carbonyl (C=O) groups is 7. The molecule has 366 valence electrons. The summed E-state index contributed by atoms with van der Waals surface area (Å²) in [6, 6.07) is -0.632. The van der Waals surface area contributed by atoms with E-state index in [9.17, 15) is 38.7 Å². The van der Waals surface area contributed by atoms with E-state index in [0.717, 1.165) is 38.5 Å². The topological polar surface area (TPSA) is 268 Å². The smallest absolute Gasteiger partial charge is 0.323 e. The maximum Gasteiger partial charge on any atom is 0.323 e. The van der Waals surface area contributed by atoms with Crippen LogP contribution in [0.4, 0.5) is 0 Å². The van der Waals surface area contributed by atoms with Crippen LogP contribution in [0.2, 0.25) is 0 Å². The minimum Gasteiger partial charge on any atom is -0.481 e. The maximum atomic E-state index is 12.7. The molecular weight excluding hydrogens is 841 g/mol. The quantitative estimate of drug-likeness (QED) is 0.0338. The molecule has 20 heteroatoms. The number of nitrogens with zero attached hydrogens (tertiary/aromatic N) is 1. The van der Waals surface area contributed by atoms with E-state index in [2.05, 4.69) is 30.4 Å². The van der Waals surface area contributed by atoms with Crippen molar-refractivity contribution >= 4 is 50.9 Å². The molecule has 1 unspecified atom stereocenters. The van der Waals surface area contributed by atoms with Gasteiger partial charge in [-0.15, -0.1) is 0 Å². The number of carbonyl (C=O) groups excluding carboxylic acids is 4. The van der Waals surface area contributed by atoms with Crippen LogP contribution in [0.5, 0.6) is 0 Å². The van der Waals surface area contributed by atoms with Crippen molar-refractivity contribution in [1.29, 1.82) is 0 Å². The van der Waals surface area contributed by atoms with Gasteiger partial charge in [-0.1, -0.05) is 99.3 Å². The molecule has 0 aliphatic carbocycles. The van der Waals surface area contributed by atoms with Gasteiger partial charge < -0.3 is 55.1 Å². The standard InChI is InChI=1S/C43H80N5O14P/c49-37(22-26-48(33-42(55)56)40(52)20-15-13-11-9-7-5-3-1-2-4-6-8-10-12-14-16-21-41(53)54)45-24-27-59-29-32-62-35-39(51)46-25-28-60-30-31-61-34-38(50)44-23-18-17-19-36(47-63)43(57)58/h36,47H,1-35,63H2,(H,44,50)(H,45,49)(H,46,51)(H,53,54)(H,55,56)(H,57,58)/t36-/m0/s1. The Balaban J connectivity index is 3.72. The first-order valence-corrected chi connectivity index (χ1v) is 23.5. The molecule has 4 amide bonds. The molecule has 0 aromatic rings. The minimum absolute atomic E-state index is 0.0166. The molecule has 7 N–H and O–H groups in total. The Morgan fingerprint density at radius 3 is 1.33 bits per heavy atom. The first-order valence-electron chi connectivity index (χ1n) is 23.0. The largest absolute Gasteiger partial charge is 0.481 e. The summed E-state index contributed by atoms with van der Waals surface area (Å²) < 4.78 is 21.3. The van der Waals surface area contributed by atoms with E-state index in [1.54, 1.807) is 0 Å². The number of nitrogens with one attached hydrogen (secondary N) is 4. The third-order valence-corrected chi connectivity index (χ3v) is 10.3. The monoisotopic (exact) mass is 922 g/mol. The highest BCUT2D eigenvalue weighted by Gasteiger charge is 2.18. The molecule has 0 fully saturated rings. The van der Waals surface area contributed by atoms with Crippen LogP contribution in [0.15, 0.2) is 0 Å². The van der Waals surface area contributed by atoms with E-state index in [0.29, 0.717) is 32.2 Å². The number of unbranched alkanes of at least 4 members (excludes halogenated alkanes) is 16. The SMILES string of the molecule is O=C(O)CCCCCCCCCCCCCCCCCCC(=O)N(CCC(=O)NCCOCCOCC(=O)NCCOCCOCC(=O)NCCCC[C@H](NP)C(=O)O)CC(=O)O. The van der Waals surface area contributed by atoms with Crippen molar-refractivity contribution in [3.63, 3.8) is 0 Å². The van der Waals surface area contributed by atoms with Crippen molar-refractivity contribution in [3.05, 3.63) is 0 Å². The van der Waals surface area contributed by atoms with Gasteiger partial charge in [0.1, 0.15) is 25.8 Å². The molecule has 0 aliphatic heterocycles. The summed E-state index contributed by atoms with van der Waals surface area (Å²) in [6.07, 6.45) is 20.0. The van der Waals surface area contributed by atoms with Gasteiger partial charge in [0.25, 0.3) is 0 Å². The highest BCUT2D eigenvalue weighted by Crippen LogP contribution is 2.15. The van der Waals surface area contributed by atoms with Crippen LogP contribution in [-0.4, -0.2) is 153 Å². The fourth-order valence-corrected chi connectivity index (χ4v) is 6.65. The van der Waals surface area contributed by atoms with Crippen molar-refractivity contribution < 1.29 is 67.8 Å². The first-order chi connectivity index (χ1) is 30.5. The maximum absolute atomic E-state index is 12.7. The third-order valence-electron chi connectivity index (χ3n) is 9.91. The van der Waals surface area contributed by atoms with Crippen LogP contribution in [0.25, 0.3) is 0 Å². The lowest BCUT2D eigenvalue weighted by molar-refractivity contribution is -0.145. The van der Waals surface area contributed by atoms with Gasteiger partial charge in [0.2, 0.25) is 23.6 Å². The van der Waals surface area contributed by atoms with E-state index in [-0.39, 0.29) is 115 Å².